The number of nitrogens with one attached hydrogen (secondary N) is 2. The second-order valence-corrected chi connectivity index (χ2v) is 6.25. The Balaban J connectivity index is 1.47. The number of pyridine rings is 1. The van der Waals surface area contributed by atoms with Crippen molar-refractivity contribution in [3.63, 3.8) is 0 Å². The van der Waals surface area contributed by atoms with E-state index in [1.54, 1.807) is 19.4 Å². The number of aromatic amines is 1. The summed E-state index contributed by atoms with van der Waals surface area (Å²) < 4.78 is 10.4. The number of carbonyl (C=O) groups excluding carboxylic acids is 1. The number of hydrogen-bond donors (Lipinski definition) is 2. The Labute approximate surface area is 147 Å². The quantitative estimate of drug-likeness (QED) is 0.744. The van der Waals surface area contributed by atoms with Crippen LogP contribution < -0.4 is 10.1 Å². The van der Waals surface area contributed by atoms with Gasteiger partial charge in [-0.15, -0.1) is 0 Å². The number of H-pyrrole nitrogens is 1. The maximum absolute atomic E-state index is 12.4. The smallest absolute Gasteiger partial charge is 0.223 e. The third-order valence-electron chi connectivity index (χ3n) is 4.34. The number of aryl methyl sites for hydroxylation is 2. The lowest BCUT2D eigenvalue weighted by atomic mass is 9.89. The molecule has 0 aromatic carbocycles. The molecule has 3 rings (SSSR count). The molecule has 0 saturated carbocycles. The summed E-state index contributed by atoms with van der Waals surface area (Å²) in [4.78, 5) is 24.4. The van der Waals surface area contributed by atoms with Gasteiger partial charge in [0.25, 0.3) is 0 Å². The van der Waals surface area contributed by atoms with Crippen LogP contribution in [0.25, 0.3) is 0 Å². The predicted octanol–water partition coefficient (Wildman–Crippen LogP) is 1.56. The minimum atomic E-state index is -0.00282. The van der Waals surface area contributed by atoms with E-state index in [0.29, 0.717) is 25.6 Å². The van der Waals surface area contributed by atoms with Crippen LogP contribution >= 0.6 is 0 Å². The molecule has 2 aromatic heterocycles. The molecule has 0 aliphatic heterocycles. The maximum Gasteiger partial charge on any atom is 0.223 e. The fourth-order valence-electron chi connectivity index (χ4n) is 3.01. The molecule has 0 fully saturated rings. The van der Waals surface area contributed by atoms with Crippen LogP contribution in [0, 0.1) is 12.8 Å². The van der Waals surface area contributed by atoms with Crippen LogP contribution in [0.3, 0.4) is 0 Å². The van der Waals surface area contributed by atoms with Crippen molar-refractivity contribution >= 4 is 5.91 Å². The van der Waals surface area contributed by atoms with Gasteiger partial charge in [-0.05, 0) is 25.3 Å². The van der Waals surface area contributed by atoms with Gasteiger partial charge in [0.1, 0.15) is 12.4 Å². The number of carbonyl (C=O) groups is 1. The lowest BCUT2D eigenvalue weighted by Gasteiger charge is -2.20. The van der Waals surface area contributed by atoms with Gasteiger partial charge in [-0.1, -0.05) is 6.07 Å². The Morgan fingerprint density at radius 3 is 3.04 bits per heavy atom. The van der Waals surface area contributed by atoms with Gasteiger partial charge in [0.05, 0.1) is 12.3 Å². The average Bonchev–Trinajstić information content (AvgIpc) is 3.00. The third kappa shape index (κ3) is 4.57. The fourth-order valence-corrected chi connectivity index (χ4v) is 3.01. The van der Waals surface area contributed by atoms with Gasteiger partial charge in [0.15, 0.2) is 0 Å². The van der Waals surface area contributed by atoms with E-state index in [4.69, 9.17) is 9.47 Å². The van der Waals surface area contributed by atoms with E-state index in [2.05, 4.69) is 20.3 Å². The highest BCUT2D eigenvalue weighted by molar-refractivity contribution is 5.79. The van der Waals surface area contributed by atoms with E-state index in [9.17, 15) is 4.79 Å². The van der Waals surface area contributed by atoms with Crippen molar-refractivity contribution in [1.29, 1.82) is 0 Å². The van der Waals surface area contributed by atoms with E-state index in [1.165, 1.54) is 0 Å². The van der Waals surface area contributed by atoms with Crippen molar-refractivity contribution in [2.45, 2.75) is 32.7 Å². The highest BCUT2D eigenvalue weighted by Crippen LogP contribution is 2.24. The molecule has 7 heteroatoms. The number of aromatic nitrogens is 3. The van der Waals surface area contributed by atoms with Crippen LogP contribution in [0.5, 0.6) is 5.88 Å². The van der Waals surface area contributed by atoms with Crippen molar-refractivity contribution in [2.75, 3.05) is 20.3 Å². The molecular weight excluding hydrogens is 320 g/mol. The highest BCUT2D eigenvalue weighted by Gasteiger charge is 2.26. The van der Waals surface area contributed by atoms with E-state index >= 15 is 0 Å². The van der Waals surface area contributed by atoms with Gasteiger partial charge >= 0.3 is 0 Å². The average molecular weight is 344 g/mol. The molecule has 25 heavy (non-hydrogen) atoms. The van der Waals surface area contributed by atoms with Gasteiger partial charge in [0.2, 0.25) is 11.8 Å². The van der Waals surface area contributed by atoms with Gasteiger partial charge in [-0.25, -0.2) is 9.97 Å². The van der Waals surface area contributed by atoms with Crippen LogP contribution in [-0.2, 0) is 28.9 Å². The SMILES string of the molecule is COCCOc1ccc(CNC(=O)C2CCc3nc(C)[nH]c3C2)cn1. The summed E-state index contributed by atoms with van der Waals surface area (Å²) in [6.45, 7) is 3.41. The van der Waals surface area contributed by atoms with E-state index < -0.39 is 0 Å². The summed E-state index contributed by atoms with van der Waals surface area (Å²) in [6.07, 6.45) is 4.15. The molecule has 0 radical (unpaired) electrons. The highest BCUT2D eigenvalue weighted by atomic mass is 16.5. The first-order valence-electron chi connectivity index (χ1n) is 8.54. The molecule has 1 unspecified atom stereocenters. The lowest BCUT2D eigenvalue weighted by molar-refractivity contribution is -0.125. The van der Waals surface area contributed by atoms with Crippen molar-refractivity contribution in [2.24, 2.45) is 5.92 Å². The van der Waals surface area contributed by atoms with Crippen LogP contribution in [0.15, 0.2) is 18.3 Å². The zero-order chi connectivity index (χ0) is 17.6. The number of methoxy groups -OCH3 is 1. The number of amides is 1. The Kier molecular flexibility index (Phi) is 5.65. The van der Waals surface area contributed by atoms with Gasteiger partial charge in [-0.2, -0.15) is 0 Å². The molecule has 1 aliphatic rings. The summed E-state index contributed by atoms with van der Waals surface area (Å²) in [7, 11) is 1.63. The first kappa shape index (κ1) is 17.4. The van der Waals surface area contributed by atoms with Crippen molar-refractivity contribution in [3.8, 4) is 5.88 Å². The van der Waals surface area contributed by atoms with Gasteiger partial charge in [-0.3, -0.25) is 4.79 Å². The van der Waals surface area contributed by atoms with Gasteiger partial charge in [0, 0.05) is 44.0 Å². The van der Waals surface area contributed by atoms with Gasteiger partial charge < -0.3 is 19.8 Å². The number of hydrogen-bond acceptors (Lipinski definition) is 5. The van der Waals surface area contributed by atoms with E-state index in [-0.39, 0.29) is 11.8 Å². The van der Waals surface area contributed by atoms with Crippen LogP contribution in [0.2, 0.25) is 0 Å². The Bertz CT molecular complexity index is 712. The number of ether oxygens (including phenoxy) is 2. The fraction of sp³-hybridized carbons (Fsp3) is 0.500. The summed E-state index contributed by atoms with van der Waals surface area (Å²) in [5.41, 5.74) is 3.15. The monoisotopic (exact) mass is 344 g/mol. The van der Waals surface area contributed by atoms with Crippen molar-refractivity contribution in [1.82, 2.24) is 20.3 Å². The summed E-state index contributed by atoms with van der Waals surface area (Å²) in [5, 5.41) is 3.00. The first-order valence-corrected chi connectivity index (χ1v) is 8.54. The van der Waals surface area contributed by atoms with Crippen LogP contribution in [0.4, 0.5) is 0 Å². The molecule has 2 heterocycles. The second-order valence-electron chi connectivity index (χ2n) is 6.25. The van der Waals surface area contributed by atoms with Crippen LogP contribution in [-0.4, -0.2) is 41.2 Å². The Hall–Kier alpha value is -2.41. The molecular formula is C18H24N4O3. The maximum atomic E-state index is 12.4. The zero-order valence-corrected chi connectivity index (χ0v) is 14.7. The first-order chi connectivity index (χ1) is 12.2. The lowest BCUT2D eigenvalue weighted by Crippen LogP contribution is -2.33. The Morgan fingerprint density at radius 2 is 2.28 bits per heavy atom. The molecule has 0 bridgehead atoms. The predicted molar refractivity (Wildman–Crippen MR) is 92.3 cm³/mol. The second kappa shape index (κ2) is 8.11. The number of nitrogens with zero attached hydrogens (tertiary/aromatic N) is 2. The minimum Gasteiger partial charge on any atom is -0.475 e. The van der Waals surface area contributed by atoms with Crippen molar-refractivity contribution in [3.05, 3.63) is 41.1 Å². The number of fused-ring (bicyclic) bond motifs is 1. The molecule has 0 spiro atoms. The molecule has 1 aliphatic carbocycles. The molecule has 2 aromatic rings. The number of rotatable bonds is 7. The molecule has 134 valence electrons. The zero-order valence-electron chi connectivity index (χ0n) is 14.7. The number of imidazole rings is 1. The molecule has 0 saturated heterocycles. The third-order valence-corrected chi connectivity index (χ3v) is 4.34. The molecule has 2 N–H and O–H groups in total. The standard InChI is InChI=1S/C18H24N4O3/c1-12-21-15-5-4-14(9-16(15)22-12)18(23)20-11-13-3-6-17(19-10-13)25-8-7-24-2/h3,6,10,14H,4-5,7-9,11H2,1-2H3,(H,20,23)(H,21,22). The minimum absolute atomic E-state index is 0.00282. The van der Waals surface area contributed by atoms with E-state index in [0.717, 1.165) is 42.0 Å². The van der Waals surface area contributed by atoms with Crippen LogP contribution in [0.1, 0.15) is 29.2 Å². The molecule has 1 amide bonds. The molecule has 7 nitrogen and oxygen atoms in total. The topological polar surface area (TPSA) is 89.1 Å². The molecule has 1 atom stereocenters. The largest absolute Gasteiger partial charge is 0.475 e. The summed E-state index contributed by atoms with van der Waals surface area (Å²) in [6, 6.07) is 3.71. The normalized spacial score (nSPS) is 16.3. The van der Waals surface area contributed by atoms with Crippen molar-refractivity contribution < 1.29 is 14.3 Å². The summed E-state index contributed by atoms with van der Waals surface area (Å²) >= 11 is 0. The Morgan fingerprint density at radius 1 is 1.40 bits per heavy atom. The van der Waals surface area contributed by atoms with E-state index in [1.807, 2.05) is 13.0 Å². The summed E-state index contributed by atoms with van der Waals surface area (Å²) in [5.74, 6) is 1.56.